The monoisotopic (exact) mass is 385 g/mol. The Labute approximate surface area is 160 Å². The first-order chi connectivity index (χ1) is 12.4. The Morgan fingerprint density at radius 1 is 1.15 bits per heavy atom. The lowest BCUT2D eigenvalue weighted by Crippen LogP contribution is -2.29. The topological polar surface area (TPSA) is 66.8 Å². The molecule has 0 spiro atoms. The molecule has 0 radical (unpaired) electrons. The number of carbonyl (C=O) groups excluding carboxylic acids is 2. The third-order valence-corrected chi connectivity index (χ3v) is 5.44. The van der Waals surface area contributed by atoms with Crippen LogP contribution in [0, 0.1) is 0 Å². The SMILES string of the molecule is COC(=O)c1ccccc1N1C(=O)/C(=C(\C)c2ccc(O)cc2)SC1=S. The van der Waals surface area contributed by atoms with Gasteiger partial charge in [0.05, 0.1) is 23.3 Å². The van der Waals surface area contributed by atoms with Gasteiger partial charge in [0.2, 0.25) is 0 Å². The van der Waals surface area contributed by atoms with Gasteiger partial charge >= 0.3 is 5.97 Å². The van der Waals surface area contributed by atoms with Crippen molar-refractivity contribution in [2.75, 3.05) is 12.0 Å². The summed E-state index contributed by atoms with van der Waals surface area (Å²) in [5.74, 6) is -0.670. The zero-order valence-corrected chi connectivity index (χ0v) is 15.7. The Morgan fingerprint density at radius 2 is 1.81 bits per heavy atom. The maximum atomic E-state index is 13.0. The summed E-state index contributed by atoms with van der Waals surface area (Å²) in [5, 5.41) is 9.43. The van der Waals surface area contributed by atoms with E-state index in [2.05, 4.69) is 0 Å². The maximum Gasteiger partial charge on any atom is 0.339 e. The number of amides is 1. The zero-order chi connectivity index (χ0) is 18.8. The Balaban J connectivity index is 2.04. The molecule has 26 heavy (non-hydrogen) atoms. The molecule has 0 aromatic heterocycles. The summed E-state index contributed by atoms with van der Waals surface area (Å²) >= 11 is 6.58. The Kier molecular flexibility index (Phi) is 5.11. The number of aromatic hydroxyl groups is 1. The zero-order valence-electron chi connectivity index (χ0n) is 14.1. The van der Waals surface area contributed by atoms with Crippen LogP contribution in [0.3, 0.4) is 0 Å². The number of anilines is 1. The number of carbonyl (C=O) groups is 2. The molecular weight excluding hydrogens is 370 g/mol. The standard InChI is InChI=1S/C19H15NO4S2/c1-11(12-7-9-13(21)10-8-12)16-17(22)20(19(25)26-16)15-6-4-3-5-14(15)18(23)24-2/h3-10,21H,1-2H3/b16-11-. The van der Waals surface area contributed by atoms with Gasteiger partial charge in [-0.1, -0.05) is 48.2 Å². The van der Waals surface area contributed by atoms with Gasteiger partial charge in [-0.25, -0.2) is 4.79 Å². The second-order valence-electron chi connectivity index (χ2n) is 5.52. The van der Waals surface area contributed by atoms with E-state index in [4.69, 9.17) is 17.0 Å². The van der Waals surface area contributed by atoms with E-state index in [0.29, 0.717) is 14.9 Å². The third-order valence-electron chi connectivity index (χ3n) is 3.96. The number of hydrogen-bond acceptors (Lipinski definition) is 6. The molecular formula is C19H15NO4S2. The van der Waals surface area contributed by atoms with Crippen molar-refractivity contribution in [1.82, 2.24) is 0 Å². The molecule has 0 unspecified atom stereocenters. The van der Waals surface area contributed by atoms with E-state index >= 15 is 0 Å². The molecule has 1 heterocycles. The minimum atomic E-state index is -0.533. The molecule has 1 aliphatic rings. The van der Waals surface area contributed by atoms with Crippen molar-refractivity contribution in [1.29, 1.82) is 0 Å². The number of thioether (sulfide) groups is 1. The minimum absolute atomic E-state index is 0.154. The first kappa shape index (κ1) is 18.2. The van der Waals surface area contributed by atoms with Gasteiger partial charge in [-0.15, -0.1) is 0 Å². The number of hydrogen-bond donors (Lipinski definition) is 1. The summed E-state index contributed by atoms with van der Waals surface area (Å²) in [6, 6.07) is 13.3. The number of ether oxygens (including phenoxy) is 1. The number of rotatable bonds is 3. The number of methoxy groups -OCH3 is 1. The predicted octanol–water partition coefficient (Wildman–Crippen LogP) is 3.97. The molecule has 1 N–H and O–H groups in total. The third kappa shape index (κ3) is 3.23. The first-order valence-electron chi connectivity index (χ1n) is 7.68. The molecule has 1 saturated heterocycles. The second-order valence-corrected chi connectivity index (χ2v) is 7.16. The molecule has 0 atom stereocenters. The number of allylic oxidation sites excluding steroid dienone is 1. The molecule has 1 amide bonds. The molecule has 2 aromatic carbocycles. The van der Waals surface area contributed by atoms with Crippen LogP contribution in [0.15, 0.2) is 53.4 Å². The van der Waals surface area contributed by atoms with E-state index in [1.54, 1.807) is 48.5 Å². The largest absolute Gasteiger partial charge is 0.508 e. The minimum Gasteiger partial charge on any atom is -0.508 e. The van der Waals surface area contributed by atoms with E-state index in [0.717, 1.165) is 11.1 Å². The number of phenolic OH excluding ortho intramolecular Hbond substituents is 1. The summed E-state index contributed by atoms with van der Waals surface area (Å²) in [6.07, 6.45) is 0. The van der Waals surface area contributed by atoms with Crippen molar-refractivity contribution >= 4 is 51.4 Å². The lowest BCUT2D eigenvalue weighted by atomic mass is 10.1. The second kappa shape index (κ2) is 7.31. The fraction of sp³-hybridized carbons (Fsp3) is 0.105. The quantitative estimate of drug-likeness (QED) is 0.490. The number of phenols is 1. The van der Waals surface area contributed by atoms with Crippen molar-refractivity contribution in [3.8, 4) is 5.75 Å². The molecule has 0 aliphatic carbocycles. The van der Waals surface area contributed by atoms with Crippen LogP contribution in [0.25, 0.3) is 5.57 Å². The van der Waals surface area contributed by atoms with Crippen LogP contribution in [0.1, 0.15) is 22.8 Å². The Hall–Kier alpha value is -2.64. The van der Waals surface area contributed by atoms with Crippen LogP contribution in [0.2, 0.25) is 0 Å². The van der Waals surface area contributed by atoms with Gasteiger partial charge in [0.25, 0.3) is 5.91 Å². The van der Waals surface area contributed by atoms with Gasteiger partial charge in [0, 0.05) is 0 Å². The van der Waals surface area contributed by atoms with Crippen LogP contribution in [-0.2, 0) is 9.53 Å². The molecule has 0 bridgehead atoms. The molecule has 2 aromatic rings. The van der Waals surface area contributed by atoms with Crippen LogP contribution < -0.4 is 4.90 Å². The van der Waals surface area contributed by atoms with E-state index in [1.807, 2.05) is 6.92 Å². The molecule has 0 saturated carbocycles. The van der Waals surface area contributed by atoms with Crippen molar-refractivity contribution in [3.05, 3.63) is 64.6 Å². The molecule has 7 heteroatoms. The smallest absolute Gasteiger partial charge is 0.339 e. The van der Waals surface area contributed by atoms with Gasteiger partial charge in [-0.05, 0) is 42.3 Å². The summed E-state index contributed by atoms with van der Waals surface area (Å²) < 4.78 is 5.15. The van der Waals surface area contributed by atoms with Crippen LogP contribution in [0.4, 0.5) is 5.69 Å². The highest BCUT2D eigenvalue weighted by molar-refractivity contribution is 8.27. The summed E-state index contributed by atoms with van der Waals surface area (Å²) in [4.78, 5) is 26.9. The fourth-order valence-electron chi connectivity index (χ4n) is 2.60. The van der Waals surface area contributed by atoms with Crippen LogP contribution in [-0.4, -0.2) is 28.4 Å². The van der Waals surface area contributed by atoms with E-state index < -0.39 is 5.97 Å². The van der Waals surface area contributed by atoms with Crippen molar-refractivity contribution < 1.29 is 19.4 Å². The number of thiocarbonyl (C=S) groups is 1. The molecule has 1 aliphatic heterocycles. The number of nitrogens with zero attached hydrogens (tertiary/aromatic N) is 1. The van der Waals surface area contributed by atoms with Crippen molar-refractivity contribution in [2.45, 2.75) is 6.92 Å². The van der Waals surface area contributed by atoms with Gasteiger partial charge < -0.3 is 9.84 Å². The number of para-hydroxylation sites is 1. The molecule has 3 rings (SSSR count). The highest BCUT2D eigenvalue weighted by atomic mass is 32.2. The fourth-order valence-corrected chi connectivity index (χ4v) is 3.93. The molecule has 1 fully saturated rings. The normalized spacial score (nSPS) is 16.0. The van der Waals surface area contributed by atoms with Crippen molar-refractivity contribution in [2.24, 2.45) is 0 Å². The van der Waals surface area contributed by atoms with E-state index in [9.17, 15) is 14.7 Å². The van der Waals surface area contributed by atoms with Gasteiger partial charge in [-0.3, -0.25) is 9.69 Å². The lowest BCUT2D eigenvalue weighted by molar-refractivity contribution is -0.113. The Morgan fingerprint density at radius 3 is 2.46 bits per heavy atom. The maximum absolute atomic E-state index is 13.0. The predicted molar refractivity (Wildman–Crippen MR) is 106 cm³/mol. The van der Waals surface area contributed by atoms with E-state index in [1.165, 1.54) is 23.8 Å². The van der Waals surface area contributed by atoms with Crippen LogP contribution in [0.5, 0.6) is 5.75 Å². The average Bonchev–Trinajstić information content (AvgIpc) is 2.95. The summed E-state index contributed by atoms with van der Waals surface area (Å²) in [6.45, 7) is 1.82. The lowest BCUT2D eigenvalue weighted by Gasteiger charge is -2.17. The molecule has 5 nitrogen and oxygen atoms in total. The first-order valence-corrected chi connectivity index (χ1v) is 8.90. The van der Waals surface area contributed by atoms with Gasteiger partial charge in [0.15, 0.2) is 4.32 Å². The van der Waals surface area contributed by atoms with E-state index in [-0.39, 0.29) is 17.2 Å². The van der Waals surface area contributed by atoms with Gasteiger partial charge in [0.1, 0.15) is 5.75 Å². The Bertz CT molecular complexity index is 935. The number of esters is 1. The highest BCUT2D eigenvalue weighted by Gasteiger charge is 2.36. The van der Waals surface area contributed by atoms with Crippen molar-refractivity contribution in [3.63, 3.8) is 0 Å². The van der Waals surface area contributed by atoms with Gasteiger partial charge in [-0.2, -0.15) is 0 Å². The summed E-state index contributed by atoms with van der Waals surface area (Å²) in [5.41, 5.74) is 2.23. The molecule has 132 valence electrons. The highest BCUT2D eigenvalue weighted by Crippen LogP contribution is 2.40. The summed E-state index contributed by atoms with van der Waals surface area (Å²) in [7, 11) is 1.29. The average molecular weight is 385 g/mol. The van der Waals surface area contributed by atoms with Crippen LogP contribution >= 0.6 is 24.0 Å². The number of benzene rings is 2.